The first-order valence-electron chi connectivity index (χ1n) is 9.23. The zero-order valence-corrected chi connectivity index (χ0v) is 15.7. The third kappa shape index (κ3) is 6.40. The lowest BCUT2D eigenvalue weighted by Gasteiger charge is -2.15. The van der Waals surface area contributed by atoms with E-state index in [1.54, 1.807) is 30.3 Å². The minimum Gasteiger partial charge on any atom is -0.484 e. The summed E-state index contributed by atoms with van der Waals surface area (Å²) in [6.07, 6.45) is 5.16. The van der Waals surface area contributed by atoms with Crippen LogP contribution in [-0.2, 0) is 0 Å². The predicted octanol–water partition coefficient (Wildman–Crippen LogP) is 5.55. The molecule has 0 heterocycles. The first-order chi connectivity index (χ1) is 13.0. The number of hydrogen-bond acceptors (Lipinski definition) is 5. The normalized spacial score (nSPS) is 11.6. The Morgan fingerprint density at radius 2 is 1.85 bits per heavy atom. The van der Waals surface area contributed by atoms with E-state index in [-0.39, 0.29) is 23.1 Å². The lowest BCUT2D eigenvalue weighted by atomic mass is 10.1. The third-order valence-corrected chi connectivity index (χ3v) is 4.14. The number of nitrogens with zero attached hydrogens (tertiary/aromatic N) is 1. The van der Waals surface area contributed by atoms with Crippen molar-refractivity contribution >= 4 is 11.7 Å². The molecule has 0 aromatic heterocycles. The summed E-state index contributed by atoms with van der Waals surface area (Å²) in [6.45, 7) is 4.04. The molecule has 0 radical (unpaired) electrons. The highest BCUT2D eigenvalue weighted by Gasteiger charge is 2.21. The summed E-state index contributed by atoms with van der Waals surface area (Å²) in [5, 5.41) is 11.4. The Labute approximate surface area is 159 Å². The van der Waals surface area contributed by atoms with Gasteiger partial charge in [0.2, 0.25) is 0 Å². The summed E-state index contributed by atoms with van der Waals surface area (Å²) >= 11 is 0. The van der Waals surface area contributed by atoms with Gasteiger partial charge in [-0.2, -0.15) is 0 Å². The van der Waals surface area contributed by atoms with Crippen LogP contribution >= 0.6 is 0 Å². The van der Waals surface area contributed by atoms with Crippen LogP contribution in [-0.4, -0.2) is 17.0 Å². The van der Waals surface area contributed by atoms with Crippen LogP contribution in [0, 0.1) is 10.1 Å². The highest BCUT2D eigenvalue weighted by molar-refractivity contribution is 5.92. The number of carbonyl (C=O) groups is 1. The van der Waals surface area contributed by atoms with E-state index in [9.17, 15) is 14.9 Å². The maximum atomic E-state index is 12.2. The molecule has 0 aliphatic carbocycles. The Balaban J connectivity index is 2.07. The SMILES string of the molecule is CCCCCC[C@@H](C)Oc1ccc(C(=O)Oc2ccccc2)cc1[N+](=O)[O-]. The number of hydrogen-bond donors (Lipinski definition) is 0. The predicted molar refractivity (Wildman–Crippen MR) is 103 cm³/mol. The molecule has 6 nitrogen and oxygen atoms in total. The molecule has 0 spiro atoms. The van der Waals surface area contributed by atoms with Crippen molar-refractivity contribution in [2.24, 2.45) is 0 Å². The standard InChI is InChI=1S/C21H25NO5/c1-3-4-5-7-10-16(2)26-20-14-13-17(15-19(20)22(24)25)21(23)27-18-11-8-6-9-12-18/h6,8-9,11-16H,3-5,7,10H2,1-2H3/t16-/m1/s1. The van der Waals surface area contributed by atoms with Crippen LogP contribution in [0.1, 0.15) is 56.3 Å². The fraction of sp³-hybridized carbons (Fsp3) is 0.381. The van der Waals surface area contributed by atoms with Crippen molar-refractivity contribution in [1.82, 2.24) is 0 Å². The summed E-state index contributed by atoms with van der Waals surface area (Å²) in [4.78, 5) is 23.1. The van der Waals surface area contributed by atoms with Crippen LogP contribution in [0.3, 0.4) is 0 Å². The van der Waals surface area contributed by atoms with Gasteiger partial charge < -0.3 is 9.47 Å². The first kappa shape index (κ1) is 20.4. The maximum Gasteiger partial charge on any atom is 0.343 e. The summed E-state index contributed by atoms with van der Waals surface area (Å²) in [5.41, 5.74) is -0.133. The first-order valence-corrected chi connectivity index (χ1v) is 9.23. The number of rotatable bonds is 10. The third-order valence-electron chi connectivity index (χ3n) is 4.14. The highest BCUT2D eigenvalue weighted by Crippen LogP contribution is 2.30. The van der Waals surface area contributed by atoms with Gasteiger partial charge in [-0.15, -0.1) is 0 Å². The Bertz CT molecular complexity index is 760. The smallest absolute Gasteiger partial charge is 0.343 e. The average Bonchev–Trinajstić information content (AvgIpc) is 2.66. The second-order valence-corrected chi connectivity index (χ2v) is 6.42. The van der Waals surface area contributed by atoms with Crippen molar-refractivity contribution in [2.75, 3.05) is 0 Å². The van der Waals surface area contributed by atoms with Gasteiger partial charge in [-0.3, -0.25) is 10.1 Å². The molecule has 144 valence electrons. The van der Waals surface area contributed by atoms with Gasteiger partial charge in [0.05, 0.1) is 16.6 Å². The van der Waals surface area contributed by atoms with E-state index in [0.29, 0.717) is 5.75 Å². The molecule has 2 aromatic carbocycles. The van der Waals surface area contributed by atoms with Gasteiger partial charge in [-0.05, 0) is 44.0 Å². The van der Waals surface area contributed by atoms with Gasteiger partial charge in [0.1, 0.15) is 5.75 Å². The van der Waals surface area contributed by atoms with Crippen LogP contribution in [0.4, 0.5) is 5.69 Å². The van der Waals surface area contributed by atoms with Gasteiger partial charge in [-0.25, -0.2) is 4.79 Å². The fourth-order valence-corrected chi connectivity index (χ4v) is 2.68. The molecular formula is C21H25NO5. The molecule has 27 heavy (non-hydrogen) atoms. The molecule has 6 heteroatoms. The zero-order valence-electron chi connectivity index (χ0n) is 15.7. The fourth-order valence-electron chi connectivity index (χ4n) is 2.68. The second-order valence-electron chi connectivity index (χ2n) is 6.42. The Hall–Kier alpha value is -2.89. The summed E-state index contributed by atoms with van der Waals surface area (Å²) in [5.74, 6) is -0.103. The number of nitro benzene ring substituents is 1. The summed E-state index contributed by atoms with van der Waals surface area (Å²) in [7, 11) is 0. The van der Waals surface area contributed by atoms with E-state index in [0.717, 1.165) is 25.7 Å². The lowest BCUT2D eigenvalue weighted by Crippen LogP contribution is -2.14. The van der Waals surface area contributed by atoms with Crippen molar-refractivity contribution in [1.29, 1.82) is 0 Å². The molecule has 0 N–H and O–H groups in total. The number of ether oxygens (including phenoxy) is 2. The Morgan fingerprint density at radius 3 is 2.52 bits per heavy atom. The van der Waals surface area contributed by atoms with Crippen molar-refractivity contribution < 1.29 is 19.2 Å². The summed E-state index contributed by atoms with van der Waals surface area (Å²) in [6, 6.07) is 12.7. The van der Waals surface area contributed by atoms with Crippen molar-refractivity contribution in [2.45, 2.75) is 52.1 Å². The van der Waals surface area contributed by atoms with Crippen LogP contribution in [0.5, 0.6) is 11.5 Å². The van der Waals surface area contributed by atoms with Crippen molar-refractivity contribution in [3.05, 3.63) is 64.2 Å². The highest BCUT2D eigenvalue weighted by atomic mass is 16.6. The molecule has 0 saturated carbocycles. The van der Waals surface area contributed by atoms with Gasteiger partial charge in [0.15, 0.2) is 5.75 Å². The molecule has 0 aliphatic rings. The molecule has 0 aliphatic heterocycles. The van der Waals surface area contributed by atoms with Crippen LogP contribution in [0.2, 0.25) is 0 Å². The van der Waals surface area contributed by atoms with E-state index < -0.39 is 10.9 Å². The Kier molecular flexibility index (Phi) is 7.79. The molecule has 2 aromatic rings. The number of nitro groups is 1. The van der Waals surface area contributed by atoms with Crippen LogP contribution in [0.15, 0.2) is 48.5 Å². The molecule has 0 unspecified atom stereocenters. The maximum absolute atomic E-state index is 12.2. The number of esters is 1. The molecule has 0 amide bonds. The average molecular weight is 371 g/mol. The second kappa shape index (κ2) is 10.3. The molecular weight excluding hydrogens is 346 g/mol. The zero-order chi connectivity index (χ0) is 19.6. The quantitative estimate of drug-likeness (QED) is 0.180. The van der Waals surface area contributed by atoms with Crippen LogP contribution < -0.4 is 9.47 Å². The minimum atomic E-state index is -0.650. The van der Waals surface area contributed by atoms with Gasteiger partial charge in [-0.1, -0.05) is 44.4 Å². The molecule has 0 bridgehead atoms. The van der Waals surface area contributed by atoms with E-state index in [4.69, 9.17) is 9.47 Å². The van der Waals surface area contributed by atoms with Crippen molar-refractivity contribution in [3.63, 3.8) is 0 Å². The van der Waals surface area contributed by atoms with E-state index in [1.165, 1.54) is 24.6 Å². The van der Waals surface area contributed by atoms with E-state index >= 15 is 0 Å². The molecule has 0 saturated heterocycles. The number of unbranched alkanes of at least 4 members (excludes halogenated alkanes) is 3. The van der Waals surface area contributed by atoms with Crippen molar-refractivity contribution in [3.8, 4) is 11.5 Å². The van der Waals surface area contributed by atoms with E-state index in [1.807, 2.05) is 6.92 Å². The minimum absolute atomic E-state index is 0.105. The van der Waals surface area contributed by atoms with Gasteiger partial charge in [0.25, 0.3) is 0 Å². The lowest BCUT2D eigenvalue weighted by molar-refractivity contribution is -0.386. The van der Waals surface area contributed by atoms with Crippen LogP contribution in [0.25, 0.3) is 0 Å². The largest absolute Gasteiger partial charge is 0.484 e. The Morgan fingerprint density at radius 1 is 1.11 bits per heavy atom. The van der Waals surface area contributed by atoms with E-state index in [2.05, 4.69) is 6.92 Å². The topological polar surface area (TPSA) is 78.7 Å². The van der Waals surface area contributed by atoms with Gasteiger partial charge in [0, 0.05) is 6.07 Å². The molecule has 2 rings (SSSR count). The number of benzene rings is 2. The number of carbonyl (C=O) groups excluding carboxylic acids is 1. The monoisotopic (exact) mass is 371 g/mol. The number of para-hydroxylation sites is 1. The summed E-state index contributed by atoms with van der Waals surface area (Å²) < 4.78 is 11.0. The van der Waals surface area contributed by atoms with Gasteiger partial charge >= 0.3 is 11.7 Å². The molecule has 1 atom stereocenters. The molecule has 0 fully saturated rings.